The fourth-order valence-electron chi connectivity index (χ4n) is 4.67. The highest BCUT2D eigenvalue weighted by Gasteiger charge is 2.22. The van der Waals surface area contributed by atoms with Crippen molar-refractivity contribution in [2.75, 3.05) is 94.9 Å². The minimum absolute atomic E-state index is 0.0104. The molecule has 3 rings (SSSR count). The summed E-state index contributed by atoms with van der Waals surface area (Å²) in [4.78, 5) is 67.2. The molecule has 0 aliphatic heterocycles. The Hall–Kier alpha value is -4.89. The zero-order valence-electron chi connectivity index (χ0n) is 30.6. The van der Waals surface area contributed by atoms with Gasteiger partial charge in [-0.25, -0.2) is 14.8 Å². The van der Waals surface area contributed by atoms with E-state index in [1.807, 2.05) is 18.2 Å². The maximum absolute atomic E-state index is 12.8. The smallest absolute Gasteiger partial charge is 0.326 e. The molecule has 0 aliphatic carbocycles. The standard InChI is InChI=1S/C34H50N10O9S/c1-44(21-24-20-38-31-29(40-24)30(35)42-34(36)43-31)25-6-4-23(5-7-25)32(47)41-26(33(48)49)8-9-27(45)37-11-3-12-50-14-15-52-16-17-53-22-39-28(46)10-13-51-18-19-54-2/h4-7,20,26H,3,8-19,21-22H2,1-2H3,(H,37,45)(H,39,46)(H,41,47)(H,48,49)(H4,35,36,38,42,43). The Bertz CT molecular complexity index is 1640. The van der Waals surface area contributed by atoms with E-state index in [0.717, 1.165) is 11.4 Å². The molecule has 0 saturated heterocycles. The van der Waals surface area contributed by atoms with Crippen LogP contribution in [0.15, 0.2) is 30.5 Å². The first-order valence-corrected chi connectivity index (χ1v) is 18.7. The number of carboxylic acids is 1. The average Bonchev–Trinajstić information content (AvgIpc) is 3.15. The Labute approximate surface area is 317 Å². The Balaban J connectivity index is 1.24. The molecule has 0 spiro atoms. The van der Waals surface area contributed by atoms with Gasteiger partial charge in [0.05, 0.1) is 64.5 Å². The third-order valence-corrected chi connectivity index (χ3v) is 8.12. The lowest BCUT2D eigenvalue weighted by Crippen LogP contribution is -2.41. The van der Waals surface area contributed by atoms with Gasteiger partial charge in [0.25, 0.3) is 5.91 Å². The highest BCUT2D eigenvalue weighted by Crippen LogP contribution is 2.19. The molecule has 0 aliphatic rings. The van der Waals surface area contributed by atoms with Gasteiger partial charge in [-0.05, 0) is 43.4 Å². The third kappa shape index (κ3) is 16.4. The number of hydrogen-bond donors (Lipinski definition) is 6. The summed E-state index contributed by atoms with van der Waals surface area (Å²) in [6.07, 6.45) is 4.23. The van der Waals surface area contributed by atoms with Crippen LogP contribution in [0.1, 0.15) is 41.7 Å². The topological polar surface area (TPSA) is 268 Å². The minimum Gasteiger partial charge on any atom is -0.480 e. The van der Waals surface area contributed by atoms with E-state index in [9.17, 15) is 24.3 Å². The van der Waals surface area contributed by atoms with E-state index in [4.69, 9.17) is 30.4 Å². The van der Waals surface area contributed by atoms with Gasteiger partial charge in [0, 0.05) is 43.6 Å². The van der Waals surface area contributed by atoms with Gasteiger partial charge in [-0.2, -0.15) is 21.7 Å². The molecular formula is C34H50N10O9S. The van der Waals surface area contributed by atoms with Gasteiger partial charge in [-0.15, -0.1) is 0 Å². The summed E-state index contributed by atoms with van der Waals surface area (Å²) in [5, 5.41) is 17.5. The van der Waals surface area contributed by atoms with Crippen molar-refractivity contribution in [3.63, 3.8) is 0 Å². The second kappa shape index (κ2) is 24.4. The molecule has 20 heteroatoms. The maximum atomic E-state index is 12.8. The lowest BCUT2D eigenvalue weighted by Gasteiger charge is -2.19. The molecule has 296 valence electrons. The second-order valence-electron chi connectivity index (χ2n) is 11.7. The summed E-state index contributed by atoms with van der Waals surface area (Å²) in [7, 11) is 1.83. The average molecular weight is 775 g/mol. The van der Waals surface area contributed by atoms with Crippen LogP contribution in [0.25, 0.3) is 11.2 Å². The lowest BCUT2D eigenvalue weighted by atomic mass is 10.1. The number of carboxylic acid groups (broad SMARTS) is 1. The predicted octanol–water partition coefficient (Wildman–Crippen LogP) is 0.583. The van der Waals surface area contributed by atoms with Gasteiger partial charge in [0.2, 0.25) is 17.8 Å². The third-order valence-electron chi connectivity index (χ3n) is 7.54. The van der Waals surface area contributed by atoms with E-state index in [1.165, 1.54) is 0 Å². The minimum atomic E-state index is -1.25. The quantitative estimate of drug-likeness (QED) is 0.0457. The summed E-state index contributed by atoms with van der Waals surface area (Å²) >= 11 is 1.69. The number of benzene rings is 1. The van der Waals surface area contributed by atoms with Crippen LogP contribution in [0.5, 0.6) is 0 Å². The van der Waals surface area contributed by atoms with Gasteiger partial charge in [-0.1, -0.05) is 0 Å². The van der Waals surface area contributed by atoms with Crippen molar-refractivity contribution < 1.29 is 43.2 Å². The summed E-state index contributed by atoms with van der Waals surface area (Å²) in [5.41, 5.74) is 13.8. The number of aromatic nitrogens is 4. The number of anilines is 3. The van der Waals surface area contributed by atoms with Gasteiger partial charge in [0.15, 0.2) is 17.0 Å². The molecule has 8 N–H and O–H groups in total. The molecule has 54 heavy (non-hydrogen) atoms. The number of nitrogens with zero attached hydrogens (tertiary/aromatic N) is 5. The maximum Gasteiger partial charge on any atom is 0.326 e. The number of aliphatic carboxylic acids is 1. The van der Waals surface area contributed by atoms with Crippen LogP contribution in [0.3, 0.4) is 0 Å². The van der Waals surface area contributed by atoms with Crippen LogP contribution >= 0.6 is 11.8 Å². The van der Waals surface area contributed by atoms with Crippen LogP contribution in [0.2, 0.25) is 0 Å². The molecule has 1 atom stereocenters. The molecule has 0 radical (unpaired) electrons. The van der Waals surface area contributed by atoms with Crippen molar-refractivity contribution in [2.24, 2.45) is 0 Å². The number of ether oxygens (including phenoxy) is 4. The Morgan fingerprint density at radius 1 is 0.870 bits per heavy atom. The fourth-order valence-corrected chi connectivity index (χ4v) is 4.95. The molecule has 2 aromatic heterocycles. The SMILES string of the molecule is CSCCOCCC(=O)NCOCCOCCOCCCNC(=O)CCC(NC(=O)c1ccc(N(C)Cc2cnc3nc(N)nc(N)c3n2)cc1)C(=O)O. The van der Waals surface area contributed by atoms with Crippen molar-refractivity contribution in [3.8, 4) is 0 Å². The number of rotatable bonds is 27. The first kappa shape index (κ1) is 43.5. The van der Waals surface area contributed by atoms with E-state index in [1.54, 1.807) is 42.2 Å². The van der Waals surface area contributed by atoms with Crippen molar-refractivity contribution in [1.82, 2.24) is 35.9 Å². The number of hydrogen-bond acceptors (Lipinski definition) is 16. The molecule has 3 amide bonds. The highest BCUT2D eigenvalue weighted by molar-refractivity contribution is 7.98. The number of nitrogens with one attached hydrogen (secondary N) is 3. The molecule has 3 aromatic rings. The molecule has 0 bridgehead atoms. The van der Waals surface area contributed by atoms with Crippen LogP contribution in [-0.2, 0) is 39.9 Å². The molecular weight excluding hydrogens is 725 g/mol. The van der Waals surface area contributed by atoms with Crippen molar-refractivity contribution >= 4 is 64.1 Å². The number of nitrogen functional groups attached to an aromatic ring is 2. The zero-order chi connectivity index (χ0) is 39.1. The molecule has 1 unspecified atom stereocenters. The molecule has 19 nitrogen and oxygen atoms in total. The first-order valence-electron chi connectivity index (χ1n) is 17.3. The number of fused-ring (bicyclic) bond motifs is 1. The van der Waals surface area contributed by atoms with Gasteiger partial charge < -0.3 is 56.4 Å². The number of thioether (sulfide) groups is 1. The second-order valence-corrected chi connectivity index (χ2v) is 12.7. The van der Waals surface area contributed by atoms with E-state index in [2.05, 4.69) is 35.9 Å². The predicted molar refractivity (Wildman–Crippen MR) is 203 cm³/mol. The molecule has 2 heterocycles. The Morgan fingerprint density at radius 3 is 2.28 bits per heavy atom. The largest absolute Gasteiger partial charge is 0.480 e. The number of nitrogens with two attached hydrogens (primary N) is 2. The monoisotopic (exact) mass is 774 g/mol. The number of carbonyl (C=O) groups is 4. The number of amides is 3. The van der Waals surface area contributed by atoms with E-state index < -0.39 is 17.9 Å². The zero-order valence-corrected chi connectivity index (χ0v) is 31.4. The fraction of sp³-hybridized carbons (Fsp3) is 0.529. The number of carbonyl (C=O) groups excluding carboxylic acids is 3. The normalized spacial score (nSPS) is 11.6. The van der Waals surface area contributed by atoms with Crippen molar-refractivity contribution in [2.45, 2.75) is 38.3 Å². The summed E-state index contributed by atoms with van der Waals surface area (Å²) < 4.78 is 21.6. The van der Waals surface area contributed by atoms with Crippen LogP contribution < -0.4 is 32.3 Å². The summed E-state index contributed by atoms with van der Waals surface area (Å²) in [5.74, 6) is -1.26. The summed E-state index contributed by atoms with van der Waals surface area (Å²) in [6, 6.07) is 5.34. The lowest BCUT2D eigenvalue weighted by molar-refractivity contribution is -0.139. The van der Waals surface area contributed by atoms with Crippen LogP contribution in [-0.4, -0.2) is 133 Å². The van der Waals surface area contributed by atoms with Gasteiger partial charge >= 0.3 is 5.97 Å². The van der Waals surface area contributed by atoms with E-state index in [0.29, 0.717) is 82.6 Å². The Kier molecular flexibility index (Phi) is 19.7. The van der Waals surface area contributed by atoms with Crippen LogP contribution in [0.4, 0.5) is 17.5 Å². The van der Waals surface area contributed by atoms with E-state index >= 15 is 0 Å². The van der Waals surface area contributed by atoms with Gasteiger partial charge in [-0.3, -0.25) is 14.4 Å². The van der Waals surface area contributed by atoms with Gasteiger partial charge in [0.1, 0.15) is 12.8 Å². The van der Waals surface area contributed by atoms with Crippen molar-refractivity contribution in [1.29, 1.82) is 0 Å². The first-order chi connectivity index (χ1) is 26.1. The highest BCUT2D eigenvalue weighted by atomic mass is 32.2. The molecule has 0 fully saturated rings. The summed E-state index contributed by atoms with van der Waals surface area (Å²) in [6.45, 7) is 3.62. The Morgan fingerprint density at radius 2 is 1.56 bits per heavy atom. The molecule has 1 aromatic carbocycles. The van der Waals surface area contributed by atoms with Crippen molar-refractivity contribution in [3.05, 3.63) is 41.7 Å². The van der Waals surface area contributed by atoms with Crippen LogP contribution in [0, 0.1) is 0 Å². The van der Waals surface area contributed by atoms with E-state index in [-0.39, 0.29) is 55.1 Å². The molecule has 0 saturated carbocycles.